The van der Waals surface area contributed by atoms with E-state index in [2.05, 4.69) is 223 Å². The molecule has 4 heteroatoms. The largest absolute Gasteiger partial charge is 0.454 e. The van der Waals surface area contributed by atoms with Crippen LogP contribution >= 0.6 is 0 Å². The summed E-state index contributed by atoms with van der Waals surface area (Å²) in [7, 11) is 0. The first-order valence-electron chi connectivity index (χ1n) is 27.7. The van der Waals surface area contributed by atoms with Crippen molar-refractivity contribution < 1.29 is 4.42 Å². The molecular weight excluding hydrogens is 884 g/mol. The van der Waals surface area contributed by atoms with Gasteiger partial charge in [0.1, 0.15) is 5.58 Å². The van der Waals surface area contributed by atoms with E-state index in [9.17, 15) is 0 Å². The molecule has 3 nitrogen and oxygen atoms in total. The van der Waals surface area contributed by atoms with Gasteiger partial charge in [-0.3, -0.25) is 0 Å². The second kappa shape index (κ2) is 15.1. The number of fused-ring (bicyclic) bond motifs is 11. The minimum atomic E-state index is -0.0583. The zero-order valence-corrected chi connectivity index (χ0v) is 46.5. The van der Waals surface area contributed by atoms with Crippen LogP contribution in [0, 0.1) is 20.8 Å². The van der Waals surface area contributed by atoms with E-state index in [4.69, 9.17) is 4.42 Å². The molecule has 5 aliphatic rings. The molecule has 2 aliphatic heterocycles. The second-order valence-electron chi connectivity index (χ2n) is 27.5. The molecule has 3 aliphatic carbocycles. The van der Waals surface area contributed by atoms with Crippen LogP contribution in [0.25, 0.3) is 33.1 Å². The molecule has 7 aromatic carbocycles. The van der Waals surface area contributed by atoms with Crippen molar-refractivity contribution in [1.82, 2.24) is 0 Å². The molecule has 0 bridgehead atoms. The van der Waals surface area contributed by atoms with Gasteiger partial charge < -0.3 is 14.2 Å². The Morgan fingerprint density at radius 1 is 0.397 bits per heavy atom. The van der Waals surface area contributed by atoms with Crippen molar-refractivity contribution >= 4 is 79.2 Å². The quantitative estimate of drug-likeness (QED) is 0.165. The van der Waals surface area contributed by atoms with Gasteiger partial charge in [0.25, 0.3) is 6.71 Å². The van der Waals surface area contributed by atoms with Gasteiger partial charge in [-0.15, -0.1) is 0 Å². The summed E-state index contributed by atoms with van der Waals surface area (Å²) >= 11 is 0. The van der Waals surface area contributed by atoms with Crippen LogP contribution in [-0.4, -0.2) is 6.71 Å². The Hall–Kier alpha value is -6.00. The molecule has 1 aromatic heterocycles. The topological polar surface area (TPSA) is 19.6 Å². The SMILES string of the molecule is Cc1cc2c3c(c1)N(c1cc4c(cc1C)C(C)(C)CCC4(C)C)c1c(ccc4c1oc1cc5c(cc14)C(C)(C)CCC5(C)C)B3c1cc(-c3ccccc3)ccc1N2c1cc2c(cc1C)C(C)(C)CCC2(C)C. The maximum atomic E-state index is 7.57. The van der Waals surface area contributed by atoms with Gasteiger partial charge in [0, 0.05) is 39.2 Å². The predicted octanol–water partition coefficient (Wildman–Crippen LogP) is 17.3. The summed E-state index contributed by atoms with van der Waals surface area (Å²) in [4.78, 5) is 5.35. The Morgan fingerprint density at radius 2 is 0.877 bits per heavy atom. The van der Waals surface area contributed by atoms with E-state index in [1.54, 1.807) is 0 Å². The van der Waals surface area contributed by atoms with E-state index >= 15 is 0 Å². The van der Waals surface area contributed by atoms with Crippen molar-refractivity contribution in [3.05, 3.63) is 159 Å². The number of hydrogen-bond acceptors (Lipinski definition) is 3. The van der Waals surface area contributed by atoms with Crippen LogP contribution in [0.2, 0.25) is 0 Å². The lowest BCUT2D eigenvalue weighted by Gasteiger charge is -2.47. The molecule has 3 heterocycles. The van der Waals surface area contributed by atoms with Crippen molar-refractivity contribution in [2.75, 3.05) is 9.80 Å². The number of furan rings is 1. The van der Waals surface area contributed by atoms with Gasteiger partial charge in [0.15, 0.2) is 5.58 Å². The second-order valence-corrected chi connectivity index (χ2v) is 27.5. The van der Waals surface area contributed by atoms with Gasteiger partial charge in [0.05, 0.1) is 5.69 Å². The number of anilines is 6. The van der Waals surface area contributed by atoms with Crippen LogP contribution in [0.4, 0.5) is 34.1 Å². The Labute approximate surface area is 436 Å². The molecule has 0 saturated carbocycles. The number of benzene rings is 7. The molecule has 73 heavy (non-hydrogen) atoms. The molecule has 0 fully saturated rings. The molecular formula is C69H75BN2O. The maximum absolute atomic E-state index is 7.57. The average molecular weight is 959 g/mol. The maximum Gasteiger partial charge on any atom is 0.252 e. The lowest BCUT2D eigenvalue weighted by atomic mass is 9.33. The first-order valence-corrected chi connectivity index (χ1v) is 27.7. The van der Waals surface area contributed by atoms with E-state index in [0.29, 0.717) is 0 Å². The van der Waals surface area contributed by atoms with Crippen LogP contribution in [-0.2, 0) is 32.5 Å². The van der Waals surface area contributed by atoms with E-state index < -0.39 is 0 Å². The fourth-order valence-electron chi connectivity index (χ4n) is 14.7. The van der Waals surface area contributed by atoms with E-state index in [-0.39, 0.29) is 39.2 Å². The molecule has 0 amide bonds. The highest BCUT2D eigenvalue weighted by molar-refractivity contribution is 7.00. The number of aryl methyl sites for hydroxylation is 3. The minimum absolute atomic E-state index is 0.0282. The molecule has 0 spiro atoms. The summed E-state index contributed by atoms with van der Waals surface area (Å²) in [6.07, 6.45) is 7.03. The molecule has 0 radical (unpaired) electrons. The highest BCUT2D eigenvalue weighted by Gasteiger charge is 2.48. The summed E-state index contributed by atoms with van der Waals surface area (Å²) in [6.45, 7) is 36.4. The molecule has 370 valence electrons. The summed E-state index contributed by atoms with van der Waals surface area (Å²) in [6, 6.07) is 43.5. The summed E-state index contributed by atoms with van der Waals surface area (Å²) in [5.74, 6) is 0. The van der Waals surface area contributed by atoms with Crippen molar-refractivity contribution in [3.63, 3.8) is 0 Å². The minimum Gasteiger partial charge on any atom is -0.454 e. The van der Waals surface area contributed by atoms with Gasteiger partial charge in [-0.1, -0.05) is 150 Å². The molecule has 0 unspecified atom stereocenters. The summed E-state index contributed by atoms with van der Waals surface area (Å²) in [5.41, 5.74) is 29.0. The van der Waals surface area contributed by atoms with E-state index in [1.165, 1.54) is 148 Å². The fourth-order valence-corrected chi connectivity index (χ4v) is 14.7. The van der Waals surface area contributed by atoms with Gasteiger partial charge >= 0.3 is 0 Å². The number of hydrogen-bond donors (Lipinski definition) is 0. The van der Waals surface area contributed by atoms with Crippen LogP contribution in [0.1, 0.15) is 172 Å². The molecule has 13 rings (SSSR count). The predicted molar refractivity (Wildman–Crippen MR) is 313 cm³/mol. The zero-order chi connectivity index (χ0) is 51.3. The van der Waals surface area contributed by atoms with Crippen LogP contribution in [0.3, 0.4) is 0 Å². The Kier molecular flexibility index (Phi) is 9.66. The van der Waals surface area contributed by atoms with Crippen LogP contribution in [0.15, 0.2) is 114 Å². The standard InChI is InChI=1S/C69H75BN2O/c1-40-31-58-61-59(32-40)72(57-38-51-48(34-42(57)3)65(6,7)26-29-68(51,12)13)62-53(23-22-45-46-36-49-52(39-60(46)73-63(45)62)69(14,15)30-27-66(49,8)9)70(61)54-35-44(43-19-17-16-18-20-43)21-24-55(54)71(58)56-37-50-47(33-41(56)2)64(4,5)25-28-67(50,10)11/h16-24,31-39H,25-30H2,1-15H3. The van der Waals surface area contributed by atoms with E-state index in [1.807, 2.05) is 0 Å². The zero-order valence-electron chi connectivity index (χ0n) is 46.5. The first kappa shape index (κ1) is 46.8. The fraction of sp³-hybridized carbons (Fsp3) is 0.391. The molecule has 0 atom stereocenters. The number of nitrogens with zero attached hydrogens (tertiary/aromatic N) is 2. The van der Waals surface area contributed by atoms with Crippen molar-refractivity contribution in [2.24, 2.45) is 0 Å². The molecule has 0 saturated heterocycles. The summed E-state index contributed by atoms with van der Waals surface area (Å²) in [5, 5.41) is 2.42. The van der Waals surface area contributed by atoms with Crippen LogP contribution < -0.4 is 26.2 Å². The van der Waals surface area contributed by atoms with Crippen molar-refractivity contribution in [3.8, 4) is 11.1 Å². The Morgan fingerprint density at radius 3 is 1.42 bits per heavy atom. The Bertz CT molecular complexity index is 3690. The third-order valence-electron chi connectivity index (χ3n) is 19.7. The van der Waals surface area contributed by atoms with Gasteiger partial charge in [-0.25, -0.2) is 0 Å². The monoisotopic (exact) mass is 959 g/mol. The van der Waals surface area contributed by atoms with E-state index in [0.717, 1.165) is 24.0 Å². The highest BCUT2D eigenvalue weighted by atomic mass is 16.3. The van der Waals surface area contributed by atoms with Gasteiger partial charge in [0.2, 0.25) is 0 Å². The smallest absolute Gasteiger partial charge is 0.252 e. The lowest BCUT2D eigenvalue weighted by Crippen LogP contribution is -2.61. The van der Waals surface area contributed by atoms with Gasteiger partial charge in [-0.2, -0.15) is 0 Å². The molecule has 0 N–H and O–H groups in total. The van der Waals surface area contributed by atoms with Crippen molar-refractivity contribution in [1.29, 1.82) is 0 Å². The molecule has 8 aromatic rings. The average Bonchev–Trinajstić information content (AvgIpc) is 3.73. The lowest BCUT2D eigenvalue weighted by molar-refractivity contribution is 0.332. The van der Waals surface area contributed by atoms with Crippen LogP contribution in [0.5, 0.6) is 0 Å². The third kappa shape index (κ3) is 6.69. The Balaban J connectivity index is 1.16. The first-order chi connectivity index (χ1) is 34.4. The van der Waals surface area contributed by atoms with Gasteiger partial charge in [-0.05, 0) is 212 Å². The normalized spacial score (nSPS) is 20.0. The third-order valence-corrected chi connectivity index (χ3v) is 19.7. The summed E-state index contributed by atoms with van der Waals surface area (Å²) < 4.78 is 7.57. The highest BCUT2D eigenvalue weighted by Crippen LogP contribution is 2.55. The number of rotatable bonds is 3. The van der Waals surface area contributed by atoms with Crippen molar-refractivity contribution in [2.45, 2.75) is 175 Å².